The van der Waals surface area contributed by atoms with Crippen LogP contribution in [0.3, 0.4) is 0 Å². The van der Waals surface area contributed by atoms with E-state index in [1.54, 1.807) is 19.2 Å². The second-order valence-electron chi connectivity index (χ2n) is 4.14. The fraction of sp³-hybridized carbons (Fsp3) is 0.188. The molecule has 0 fully saturated rings. The summed E-state index contributed by atoms with van der Waals surface area (Å²) in [6.07, 6.45) is 0. The Morgan fingerprint density at radius 2 is 1.47 bits per heavy atom. The molecule has 19 heavy (non-hydrogen) atoms. The number of carbonyl (C=O) groups excluding carboxylic acids is 1. The van der Waals surface area contributed by atoms with Crippen molar-refractivity contribution >= 4 is 5.97 Å². The Morgan fingerprint density at radius 1 is 0.895 bits per heavy atom. The maximum Gasteiger partial charge on any atom is 0.338 e. The van der Waals surface area contributed by atoms with Crippen molar-refractivity contribution in [3.8, 4) is 0 Å². The molecule has 0 aliphatic carbocycles. The SMILES string of the molecule is COCc1ccccc1COC(=O)c1ccccc1. The number of carbonyl (C=O) groups is 1. The molecular formula is C16H16O3. The quantitative estimate of drug-likeness (QED) is 0.771. The first-order valence-corrected chi connectivity index (χ1v) is 6.09. The van der Waals surface area contributed by atoms with Crippen molar-refractivity contribution in [1.29, 1.82) is 0 Å². The molecular weight excluding hydrogens is 240 g/mol. The second-order valence-corrected chi connectivity index (χ2v) is 4.14. The lowest BCUT2D eigenvalue weighted by atomic mass is 10.1. The predicted molar refractivity (Wildman–Crippen MR) is 72.7 cm³/mol. The molecule has 3 heteroatoms. The van der Waals surface area contributed by atoms with Gasteiger partial charge in [0.2, 0.25) is 0 Å². The second kappa shape index (κ2) is 6.71. The van der Waals surface area contributed by atoms with E-state index in [1.165, 1.54) is 0 Å². The van der Waals surface area contributed by atoms with Gasteiger partial charge in [0, 0.05) is 7.11 Å². The molecule has 0 heterocycles. The van der Waals surface area contributed by atoms with Gasteiger partial charge in [-0.25, -0.2) is 4.79 Å². The van der Waals surface area contributed by atoms with Gasteiger partial charge in [-0.05, 0) is 23.3 Å². The zero-order chi connectivity index (χ0) is 13.5. The molecule has 0 aromatic heterocycles. The minimum absolute atomic E-state index is 0.257. The fourth-order valence-corrected chi connectivity index (χ4v) is 1.80. The van der Waals surface area contributed by atoms with Gasteiger partial charge in [-0.1, -0.05) is 42.5 Å². The van der Waals surface area contributed by atoms with E-state index in [0.717, 1.165) is 11.1 Å². The van der Waals surface area contributed by atoms with Crippen molar-refractivity contribution < 1.29 is 14.3 Å². The van der Waals surface area contributed by atoms with E-state index >= 15 is 0 Å². The summed E-state index contributed by atoms with van der Waals surface area (Å²) < 4.78 is 10.4. The van der Waals surface area contributed by atoms with Gasteiger partial charge in [0.1, 0.15) is 6.61 Å². The predicted octanol–water partition coefficient (Wildman–Crippen LogP) is 3.19. The molecule has 0 saturated heterocycles. The van der Waals surface area contributed by atoms with Crippen molar-refractivity contribution in [2.75, 3.05) is 7.11 Å². The molecule has 0 aliphatic heterocycles. The average molecular weight is 256 g/mol. The summed E-state index contributed by atoms with van der Waals surface area (Å²) in [5, 5.41) is 0. The van der Waals surface area contributed by atoms with Crippen molar-refractivity contribution in [1.82, 2.24) is 0 Å². The largest absolute Gasteiger partial charge is 0.457 e. The van der Waals surface area contributed by atoms with E-state index in [4.69, 9.17) is 9.47 Å². The van der Waals surface area contributed by atoms with E-state index in [9.17, 15) is 4.79 Å². The monoisotopic (exact) mass is 256 g/mol. The Hall–Kier alpha value is -2.13. The van der Waals surface area contributed by atoms with Crippen molar-refractivity contribution in [3.63, 3.8) is 0 Å². The number of rotatable bonds is 5. The van der Waals surface area contributed by atoms with E-state index < -0.39 is 0 Å². The standard InChI is InChI=1S/C16H16O3/c1-18-11-14-9-5-6-10-15(14)12-19-16(17)13-7-3-2-4-8-13/h2-10H,11-12H2,1H3. The maximum absolute atomic E-state index is 11.8. The first kappa shape index (κ1) is 13.3. The molecule has 2 aromatic carbocycles. The van der Waals surface area contributed by atoms with Crippen LogP contribution < -0.4 is 0 Å². The average Bonchev–Trinajstić information content (AvgIpc) is 2.47. The van der Waals surface area contributed by atoms with Gasteiger partial charge in [-0.15, -0.1) is 0 Å². The molecule has 0 aliphatic rings. The van der Waals surface area contributed by atoms with Gasteiger partial charge in [-0.3, -0.25) is 0 Å². The highest BCUT2D eigenvalue weighted by Crippen LogP contribution is 2.12. The van der Waals surface area contributed by atoms with Crippen LogP contribution >= 0.6 is 0 Å². The highest BCUT2D eigenvalue weighted by atomic mass is 16.5. The molecule has 98 valence electrons. The molecule has 2 aromatic rings. The van der Waals surface area contributed by atoms with E-state index in [2.05, 4.69) is 0 Å². The molecule has 3 nitrogen and oxygen atoms in total. The molecule has 0 amide bonds. The van der Waals surface area contributed by atoms with Gasteiger partial charge >= 0.3 is 5.97 Å². The number of hydrogen-bond acceptors (Lipinski definition) is 3. The zero-order valence-corrected chi connectivity index (χ0v) is 10.8. The molecule has 0 saturated carbocycles. The Bertz CT molecular complexity index is 535. The molecule has 0 radical (unpaired) electrons. The van der Waals surface area contributed by atoms with Crippen LogP contribution in [0, 0.1) is 0 Å². The van der Waals surface area contributed by atoms with Crippen LogP contribution in [0.1, 0.15) is 21.5 Å². The van der Waals surface area contributed by atoms with Gasteiger partial charge in [0.15, 0.2) is 0 Å². The first-order valence-electron chi connectivity index (χ1n) is 6.09. The minimum Gasteiger partial charge on any atom is -0.457 e. The maximum atomic E-state index is 11.8. The third-order valence-corrected chi connectivity index (χ3v) is 2.79. The number of benzene rings is 2. The zero-order valence-electron chi connectivity index (χ0n) is 10.8. The molecule has 2 rings (SSSR count). The molecule has 0 spiro atoms. The van der Waals surface area contributed by atoms with Crippen LogP contribution in [0.2, 0.25) is 0 Å². The lowest BCUT2D eigenvalue weighted by molar-refractivity contribution is 0.0469. The number of ether oxygens (including phenoxy) is 2. The van der Waals surface area contributed by atoms with Crippen LogP contribution in [-0.4, -0.2) is 13.1 Å². The summed E-state index contributed by atoms with van der Waals surface area (Å²) >= 11 is 0. The highest BCUT2D eigenvalue weighted by molar-refractivity contribution is 5.89. The summed E-state index contributed by atoms with van der Waals surface area (Å²) in [4.78, 5) is 11.8. The smallest absolute Gasteiger partial charge is 0.338 e. The Morgan fingerprint density at radius 3 is 2.11 bits per heavy atom. The highest BCUT2D eigenvalue weighted by Gasteiger charge is 2.08. The van der Waals surface area contributed by atoms with Crippen LogP contribution in [-0.2, 0) is 22.7 Å². The summed E-state index contributed by atoms with van der Waals surface area (Å²) in [5.41, 5.74) is 2.56. The van der Waals surface area contributed by atoms with Crippen LogP contribution in [0.5, 0.6) is 0 Å². The molecule has 0 N–H and O–H groups in total. The van der Waals surface area contributed by atoms with Crippen molar-refractivity contribution in [3.05, 3.63) is 71.3 Å². The van der Waals surface area contributed by atoms with Gasteiger partial charge in [-0.2, -0.15) is 0 Å². The van der Waals surface area contributed by atoms with E-state index in [0.29, 0.717) is 12.2 Å². The fourth-order valence-electron chi connectivity index (χ4n) is 1.80. The third kappa shape index (κ3) is 3.66. The summed E-state index contributed by atoms with van der Waals surface area (Å²) in [6.45, 7) is 0.770. The van der Waals surface area contributed by atoms with E-state index in [1.807, 2.05) is 42.5 Å². The van der Waals surface area contributed by atoms with E-state index in [-0.39, 0.29) is 12.6 Å². The van der Waals surface area contributed by atoms with Crippen LogP contribution in [0.15, 0.2) is 54.6 Å². The Balaban J connectivity index is 2.01. The topological polar surface area (TPSA) is 35.5 Å². The number of methoxy groups -OCH3 is 1. The Labute approximate surface area is 112 Å². The minimum atomic E-state index is -0.312. The third-order valence-electron chi connectivity index (χ3n) is 2.79. The van der Waals surface area contributed by atoms with Crippen LogP contribution in [0.4, 0.5) is 0 Å². The molecule has 0 atom stereocenters. The Kier molecular flexibility index (Phi) is 4.70. The summed E-state index contributed by atoms with van der Waals surface area (Å²) in [7, 11) is 1.65. The summed E-state index contributed by atoms with van der Waals surface area (Å²) in [6, 6.07) is 16.7. The number of hydrogen-bond donors (Lipinski definition) is 0. The van der Waals surface area contributed by atoms with Crippen LogP contribution in [0.25, 0.3) is 0 Å². The molecule has 0 bridgehead atoms. The van der Waals surface area contributed by atoms with Gasteiger partial charge < -0.3 is 9.47 Å². The summed E-state index contributed by atoms with van der Waals surface area (Å²) in [5.74, 6) is -0.312. The van der Waals surface area contributed by atoms with Gasteiger partial charge in [0.25, 0.3) is 0 Å². The van der Waals surface area contributed by atoms with Crippen molar-refractivity contribution in [2.45, 2.75) is 13.2 Å². The molecule has 0 unspecified atom stereocenters. The lowest BCUT2D eigenvalue weighted by Gasteiger charge is -2.09. The van der Waals surface area contributed by atoms with Gasteiger partial charge in [0.05, 0.1) is 12.2 Å². The normalized spacial score (nSPS) is 10.2. The number of esters is 1. The van der Waals surface area contributed by atoms with Crippen molar-refractivity contribution in [2.24, 2.45) is 0 Å². The lowest BCUT2D eigenvalue weighted by Crippen LogP contribution is -2.06. The first-order chi connectivity index (χ1) is 9.31.